The minimum atomic E-state index is -0.0849. The largest absolute Gasteiger partial charge is 0.324 e. The molecule has 2 heterocycles. The third kappa shape index (κ3) is 2.80. The number of halogens is 1. The summed E-state index contributed by atoms with van der Waals surface area (Å²) in [6, 6.07) is 1.90. The van der Waals surface area contributed by atoms with Crippen molar-refractivity contribution in [2.45, 2.75) is 32.7 Å². The van der Waals surface area contributed by atoms with E-state index in [-0.39, 0.29) is 6.04 Å². The molecule has 2 rings (SSSR count). The highest BCUT2D eigenvalue weighted by molar-refractivity contribution is 6.30. The minimum Gasteiger partial charge on any atom is -0.324 e. The molecular weight excluding hydrogens is 260 g/mol. The molecule has 102 valence electrons. The zero-order valence-corrected chi connectivity index (χ0v) is 12.3. The van der Waals surface area contributed by atoms with E-state index in [0.717, 1.165) is 23.2 Å². The molecule has 2 aromatic heterocycles. The third-order valence-corrected chi connectivity index (χ3v) is 3.89. The van der Waals surface area contributed by atoms with E-state index in [4.69, 9.17) is 17.3 Å². The first-order valence-electron chi connectivity index (χ1n) is 6.40. The Balaban J connectivity index is 2.28. The molecule has 0 aliphatic carbocycles. The molecule has 0 bridgehead atoms. The molecule has 0 amide bonds. The van der Waals surface area contributed by atoms with E-state index in [1.165, 1.54) is 5.56 Å². The van der Waals surface area contributed by atoms with Gasteiger partial charge in [0, 0.05) is 31.0 Å². The Labute approximate surface area is 118 Å². The number of aryl methyl sites for hydroxylation is 3. The molecule has 19 heavy (non-hydrogen) atoms. The Hall–Kier alpha value is -1.39. The predicted molar refractivity (Wildman–Crippen MR) is 77.2 cm³/mol. The van der Waals surface area contributed by atoms with E-state index in [2.05, 4.69) is 17.0 Å². The van der Waals surface area contributed by atoms with Crippen molar-refractivity contribution in [2.24, 2.45) is 12.8 Å². The van der Waals surface area contributed by atoms with Crippen molar-refractivity contribution >= 4 is 11.6 Å². The lowest BCUT2D eigenvalue weighted by Gasteiger charge is -2.15. The number of hydrogen-bond acceptors (Lipinski definition) is 3. The van der Waals surface area contributed by atoms with Gasteiger partial charge in [0.05, 0.1) is 5.69 Å². The van der Waals surface area contributed by atoms with Crippen LogP contribution >= 0.6 is 11.6 Å². The lowest BCUT2D eigenvalue weighted by atomic mass is 9.96. The number of aromatic nitrogens is 3. The molecule has 1 atom stereocenters. The first kappa shape index (κ1) is 14.0. The summed E-state index contributed by atoms with van der Waals surface area (Å²) in [4.78, 5) is 4.15. The number of nitrogens with zero attached hydrogens (tertiary/aromatic N) is 3. The summed E-state index contributed by atoms with van der Waals surface area (Å²) in [5.74, 6) is 0. The van der Waals surface area contributed by atoms with Crippen LogP contribution in [0.1, 0.15) is 35.3 Å². The molecule has 0 aliphatic rings. The third-order valence-electron chi connectivity index (χ3n) is 3.42. The van der Waals surface area contributed by atoms with Crippen LogP contribution in [0.2, 0.25) is 5.15 Å². The fraction of sp³-hybridized carbons (Fsp3) is 0.429. The van der Waals surface area contributed by atoms with Crippen molar-refractivity contribution in [3.63, 3.8) is 0 Å². The average Bonchev–Trinajstić information content (AvgIpc) is 2.65. The second-order valence-corrected chi connectivity index (χ2v) is 5.08. The van der Waals surface area contributed by atoms with Gasteiger partial charge in [-0.15, -0.1) is 0 Å². The molecule has 0 saturated carbocycles. The summed E-state index contributed by atoms with van der Waals surface area (Å²) in [7, 11) is 1.84. The highest BCUT2D eigenvalue weighted by Crippen LogP contribution is 2.25. The number of nitrogens with two attached hydrogens (primary N) is 1. The number of rotatable bonds is 4. The Morgan fingerprint density at radius 3 is 2.79 bits per heavy atom. The number of hydrogen-bond donors (Lipinski definition) is 1. The van der Waals surface area contributed by atoms with Crippen LogP contribution in [0.4, 0.5) is 0 Å². The zero-order valence-electron chi connectivity index (χ0n) is 11.5. The Morgan fingerprint density at radius 2 is 2.21 bits per heavy atom. The molecule has 0 saturated heterocycles. The van der Waals surface area contributed by atoms with Gasteiger partial charge in [-0.05, 0) is 37.0 Å². The van der Waals surface area contributed by atoms with E-state index < -0.39 is 0 Å². The smallest absolute Gasteiger partial charge is 0.130 e. The van der Waals surface area contributed by atoms with Gasteiger partial charge in [-0.25, -0.2) is 0 Å². The second kappa shape index (κ2) is 5.72. The summed E-state index contributed by atoms with van der Waals surface area (Å²) in [5, 5.41) is 4.98. The van der Waals surface area contributed by atoms with Crippen LogP contribution in [0.25, 0.3) is 0 Å². The second-order valence-electron chi connectivity index (χ2n) is 4.72. The molecule has 5 heteroatoms. The SMILES string of the molecule is CCc1cnccc1C(N)Cc1c(C)nn(C)c1Cl. The molecule has 0 fully saturated rings. The highest BCUT2D eigenvalue weighted by Gasteiger charge is 2.17. The van der Waals surface area contributed by atoms with Crippen LogP contribution in [0.15, 0.2) is 18.5 Å². The maximum absolute atomic E-state index is 6.33. The topological polar surface area (TPSA) is 56.7 Å². The van der Waals surface area contributed by atoms with Gasteiger partial charge in [-0.3, -0.25) is 9.67 Å². The number of pyridine rings is 1. The first-order valence-corrected chi connectivity index (χ1v) is 6.78. The van der Waals surface area contributed by atoms with Crippen LogP contribution in [0.5, 0.6) is 0 Å². The van der Waals surface area contributed by atoms with Crippen molar-refractivity contribution < 1.29 is 0 Å². The van der Waals surface area contributed by atoms with E-state index in [0.29, 0.717) is 11.6 Å². The summed E-state index contributed by atoms with van der Waals surface area (Å²) < 4.78 is 1.69. The van der Waals surface area contributed by atoms with E-state index in [1.54, 1.807) is 10.9 Å². The predicted octanol–water partition coefficient (Wildman–Crippen LogP) is 2.58. The van der Waals surface area contributed by atoms with Crippen molar-refractivity contribution in [3.05, 3.63) is 46.0 Å². The molecule has 0 aromatic carbocycles. The van der Waals surface area contributed by atoms with Gasteiger partial charge >= 0.3 is 0 Å². The molecule has 4 nitrogen and oxygen atoms in total. The van der Waals surface area contributed by atoms with Gasteiger partial charge in [0.25, 0.3) is 0 Å². The van der Waals surface area contributed by atoms with Crippen molar-refractivity contribution in [1.29, 1.82) is 0 Å². The Morgan fingerprint density at radius 1 is 1.47 bits per heavy atom. The summed E-state index contributed by atoms with van der Waals surface area (Å²) in [5.41, 5.74) is 10.6. The van der Waals surface area contributed by atoms with Crippen LogP contribution in [0.3, 0.4) is 0 Å². The summed E-state index contributed by atoms with van der Waals surface area (Å²) in [6.45, 7) is 4.07. The van der Waals surface area contributed by atoms with Crippen LogP contribution < -0.4 is 5.73 Å². The fourth-order valence-electron chi connectivity index (χ4n) is 2.33. The molecule has 0 aliphatic heterocycles. The van der Waals surface area contributed by atoms with Gasteiger partial charge in [0.1, 0.15) is 5.15 Å². The fourth-order valence-corrected chi connectivity index (χ4v) is 2.58. The van der Waals surface area contributed by atoms with Gasteiger partial charge in [0.15, 0.2) is 0 Å². The van der Waals surface area contributed by atoms with Crippen molar-refractivity contribution in [1.82, 2.24) is 14.8 Å². The van der Waals surface area contributed by atoms with E-state index in [1.807, 2.05) is 26.2 Å². The quantitative estimate of drug-likeness (QED) is 0.935. The molecule has 0 radical (unpaired) electrons. The van der Waals surface area contributed by atoms with Gasteiger partial charge in [-0.2, -0.15) is 5.10 Å². The van der Waals surface area contributed by atoms with Crippen LogP contribution in [0, 0.1) is 6.92 Å². The Bertz CT molecular complexity index is 577. The highest BCUT2D eigenvalue weighted by atomic mass is 35.5. The van der Waals surface area contributed by atoms with Gasteiger partial charge in [0.2, 0.25) is 0 Å². The lowest BCUT2D eigenvalue weighted by molar-refractivity contribution is 0.706. The zero-order chi connectivity index (χ0) is 14.0. The average molecular weight is 279 g/mol. The van der Waals surface area contributed by atoms with E-state index in [9.17, 15) is 0 Å². The van der Waals surface area contributed by atoms with Crippen molar-refractivity contribution in [2.75, 3.05) is 0 Å². The summed E-state index contributed by atoms with van der Waals surface area (Å²) >= 11 is 6.25. The van der Waals surface area contributed by atoms with E-state index >= 15 is 0 Å². The monoisotopic (exact) mass is 278 g/mol. The molecule has 2 aromatic rings. The summed E-state index contributed by atoms with van der Waals surface area (Å²) in [6.07, 6.45) is 5.28. The maximum atomic E-state index is 6.33. The van der Waals surface area contributed by atoms with Crippen LogP contribution in [-0.4, -0.2) is 14.8 Å². The van der Waals surface area contributed by atoms with Gasteiger partial charge < -0.3 is 5.73 Å². The van der Waals surface area contributed by atoms with Crippen LogP contribution in [-0.2, 0) is 19.9 Å². The van der Waals surface area contributed by atoms with Crippen molar-refractivity contribution in [3.8, 4) is 0 Å². The Kier molecular flexibility index (Phi) is 4.22. The molecular formula is C14H19ClN4. The molecule has 1 unspecified atom stereocenters. The minimum absolute atomic E-state index is 0.0849. The first-order chi connectivity index (χ1) is 9.04. The lowest BCUT2D eigenvalue weighted by Crippen LogP contribution is -2.16. The van der Waals surface area contributed by atoms with Gasteiger partial charge in [-0.1, -0.05) is 18.5 Å². The maximum Gasteiger partial charge on any atom is 0.130 e. The molecule has 2 N–H and O–H groups in total. The molecule has 0 spiro atoms. The normalized spacial score (nSPS) is 12.7. The standard InChI is InChI=1S/C14H19ClN4/c1-4-10-8-17-6-5-11(10)13(16)7-12-9(2)18-19(3)14(12)15/h5-6,8,13H,4,7,16H2,1-3H3.